The Morgan fingerprint density at radius 2 is 2.10 bits per heavy atom. The van der Waals surface area contributed by atoms with Crippen molar-refractivity contribution in [3.05, 3.63) is 46.6 Å². The highest BCUT2D eigenvalue weighted by Gasteiger charge is 2.15. The molecule has 6 nitrogen and oxygen atoms in total. The topological polar surface area (TPSA) is 94.3 Å². The molecule has 0 radical (unpaired) electrons. The first kappa shape index (κ1) is 15.7. The Hall–Kier alpha value is -1.64. The molecule has 1 heterocycles. The van der Waals surface area contributed by atoms with E-state index in [1.54, 1.807) is 18.3 Å². The minimum atomic E-state index is -3.61. The van der Waals surface area contributed by atoms with Crippen LogP contribution >= 0.6 is 15.9 Å². The summed E-state index contributed by atoms with van der Waals surface area (Å²) in [5.74, 6) is 0.432. The van der Waals surface area contributed by atoms with Crippen LogP contribution in [0.25, 0.3) is 0 Å². The second-order valence-corrected chi connectivity index (χ2v) is 6.84. The van der Waals surface area contributed by atoms with Crippen molar-refractivity contribution >= 4 is 31.6 Å². The van der Waals surface area contributed by atoms with Gasteiger partial charge in [-0.1, -0.05) is 0 Å². The van der Waals surface area contributed by atoms with Crippen LogP contribution in [0.5, 0.6) is 5.88 Å². The number of nitrogens with two attached hydrogens (primary N) is 1. The molecule has 8 heteroatoms. The SMILES string of the molecule is COc1cc(CNS(=O)(=O)c2ccc(N)c(Br)c2)ccn1. The summed E-state index contributed by atoms with van der Waals surface area (Å²) < 4.78 is 32.5. The van der Waals surface area contributed by atoms with Gasteiger partial charge in [0, 0.05) is 29.0 Å². The van der Waals surface area contributed by atoms with Gasteiger partial charge in [-0.2, -0.15) is 0 Å². The smallest absolute Gasteiger partial charge is 0.240 e. The van der Waals surface area contributed by atoms with Gasteiger partial charge in [0.1, 0.15) is 0 Å². The van der Waals surface area contributed by atoms with Crippen molar-refractivity contribution in [2.24, 2.45) is 0 Å². The summed E-state index contributed by atoms with van der Waals surface area (Å²) in [6.45, 7) is 0.142. The number of ether oxygens (including phenoxy) is 1. The van der Waals surface area contributed by atoms with Crippen LogP contribution in [0.2, 0.25) is 0 Å². The summed E-state index contributed by atoms with van der Waals surface area (Å²) in [6, 6.07) is 7.83. The molecule has 0 saturated carbocycles. The fourth-order valence-corrected chi connectivity index (χ4v) is 3.18. The number of hydrogen-bond donors (Lipinski definition) is 2. The number of nitrogen functional groups attached to an aromatic ring is 1. The molecular weight excluding hydrogens is 358 g/mol. The molecule has 0 aliphatic heterocycles. The van der Waals surface area contributed by atoms with Gasteiger partial charge in [0.25, 0.3) is 0 Å². The summed E-state index contributed by atoms with van der Waals surface area (Å²) in [5.41, 5.74) is 6.88. The average Bonchev–Trinajstić information content (AvgIpc) is 2.48. The van der Waals surface area contributed by atoms with Crippen LogP contribution in [0.4, 0.5) is 5.69 Å². The van der Waals surface area contributed by atoms with Crippen molar-refractivity contribution in [2.75, 3.05) is 12.8 Å². The second-order valence-electron chi connectivity index (χ2n) is 4.21. The summed E-state index contributed by atoms with van der Waals surface area (Å²) in [6.07, 6.45) is 1.56. The number of aromatic nitrogens is 1. The Bertz CT molecular complexity index is 750. The van der Waals surface area contributed by atoms with E-state index in [1.807, 2.05) is 0 Å². The maximum Gasteiger partial charge on any atom is 0.240 e. The first-order valence-electron chi connectivity index (χ1n) is 5.96. The van der Waals surface area contributed by atoms with Gasteiger partial charge in [-0.25, -0.2) is 18.1 Å². The molecule has 1 aromatic carbocycles. The van der Waals surface area contributed by atoms with Crippen LogP contribution in [-0.2, 0) is 16.6 Å². The lowest BCUT2D eigenvalue weighted by Crippen LogP contribution is -2.23. The molecule has 2 aromatic rings. The van der Waals surface area contributed by atoms with E-state index in [0.717, 1.165) is 5.56 Å². The van der Waals surface area contributed by atoms with Gasteiger partial charge in [-0.3, -0.25) is 0 Å². The largest absolute Gasteiger partial charge is 0.481 e. The van der Waals surface area contributed by atoms with E-state index in [0.29, 0.717) is 16.0 Å². The van der Waals surface area contributed by atoms with Gasteiger partial charge < -0.3 is 10.5 Å². The van der Waals surface area contributed by atoms with E-state index < -0.39 is 10.0 Å². The third-order valence-corrected chi connectivity index (χ3v) is 4.84. The molecule has 0 spiro atoms. The van der Waals surface area contributed by atoms with Crippen LogP contribution in [0.1, 0.15) is 5.56 Å². The van der Waals surface area contributed by atoms with Crippen molar-refractivity contribution in [1.82, 2.24) is 9.71 Å². The van der Waals surface area contributed by atoms with E-state index in [9.17, 15) is 8.42 Å². The lowest BCUT2D eigenvalue weighted by atomic mass is 10.3. The minimum Gasteiger partial charge on any atom is -0.481 e. The number of methoxy groups -OCH3 is 1. The Balaban J connectivity index is 2.15. The highest BCUT2D eigenvalue weighted by atomic mass is 79.9. The summed E-state index contributed by atoms with van der Waals surface area (Å²) in [7, 11) is -2.11. The summed E-state index contributed by atoms with van der Waals surface area (Å²) >= 11 is 3.21. The molecular formula is C13H14BrN3O3S. The average molecular weight is 372 g/mol. The number of nitrogens with zero attached hydrogens (tertiary/aromatic N) is 1. The highest BCUT2D eigenvalue weighted by Crippen LogP contribution is 2.23. The molecule has 0 saturated heterocycles. The van der Waals surface area contributed by atoms with Crippen LogP contribution in [-0.4, -0.2) is 20.5 Å². The van der Waals surface area contributed by atoms with Gasteiger partial charge in [0.05, 0.1) is 12.0 Å². The molecule has 0 atom stereocenters. The van der Waals surface area contributed by atoms with Crippen LogP contribution in [0, 0.1) is 0 Å². The van der Waals surface area contributed by atoms with E-state index >= 15 is 0 Å². The predicted octanol–water partition coefficient (Wildman–Crippen LogP) is 1.91. The van der Waals surface area contributed by atoms with E-state index in [1.165, 1.54) is 25.3 Å². The molecule has 0 aliphatic rings. The molecule has 0 aliphatic carbocycles. The fraction of sp³-hybridized carbons (Fsp3) is 0.154. The Morgan fingerprint density at radius 3 is 2.76 bits per heavy atom. The Kier molecular flexibility index (Phi) is 4.81. The number of pyridine rings is 1. The van der Waals surface area contributed by atoms with Gasteiger partial charge in [0.2, 0.25) is 15.9 Å². The zero-order valence-electron chi connectivity index (χ0n) is 11.2. The van der Waals surface area contributed by atoms with Crippen molar-refractivity contribution in [2.45, 2.75) is 11.4 Å². The van der Waals surface area contributed by atoms with E-state index in [2.05, 4.69) is 25.6 Å². The zero-order chi connectivity index (χ0) is 15.5. The van der Waals surface area contributed by atoms with Crippen molar-refractivity contribution in [3.8, 4) is 5.88 Å². The maximum absolute atomic E-state index is 12.2. The Labute approximate surface area is 131 Å². The van der Waals surface area contributed by atoms with E-state index in [4.69, 9.17) is 10.5 Å². The normalized spacial score (nSPS) is 11.3. The first-order valence-corrected chi connectivity index (χ1v) is 8.23. The molecule has 21 heavy (non-hydrogen) atoms. The molecule has 3 N–H and O–H groups in total. The van der Waals surface area contributed by atoms with Gasteiger partial charge >= 0.3 is 0 Å². The highest BCUT2D eigenvalue weighted by molar-refractivity contribution is 9.10. The van der Waals surface area contributed by atoms with E-state index in [-0.39, 0.29) is 11.4 Å². The number of rotatable bonds is 5. The number of anilines is 1. The van der Waals surface area contributed by atoms with Crippen molar-refractivity contribution in [1.29, 1.82) is 0 Å². The van der Waals surface area contributed by atoms with Crippen molar-refractivity contribution < 1.29 is 13.2 Å². The second kappa shape index (κ2) is 6.42. The third-order valence-electron chi connectivity index (χ3n) is 2.76. The summed E-state index contributed by atoms with van der Waals surface area (Å²) in [4.78, 5) is 4.11. The molecule has 0 fully saturated rings. The van der Waals surface area contributed by atoms with Crippen LogP contribution < -0.4 is 15.2 Å². The molecule has 2 rings (SSSR count). The fourth-order valence-electron chi connectivity index (χ4n) is 1.61. The summed E-state index contributed by atoms with van der Waals surface area (Å²) in [5, 5.41) is 0. The van der Waals surface area contributed by atoms with Gasteiger partial charge in [0.15, 0.2) is 0 Å². The third kappa shape index (κ3) is 3.93. The molecule has 0 bridgehead atoms. The van der Waals surface area contributed by atoms with Crippen LogP contribution in [0.15, 0.2) is 45.9 Å². The maximum atomic E-state index is 12.2. The molecule has 0 amide bonds. The Morgan fingerprint density at radius 1 is 1.33 bits per heavy atom. The quantitative estimate of drug-likeness (QED) is 0.782. The van der Waals surface area contributed by atoms with Crippen LogP contribution in [0.3, 0.4) is 0 Å². The van der Waals surface area contributed by atoms with Gasteiger partial charge in [-0.05, 0) is 45.8 Å². The van der Waals surface area contributed by atoms with Crippen molar-refractivity contribution in [3.63, 3.8) is 0 Å². The predicted molar refractivity (Wildman–Crippen MR) is 83.4 cm³/mol. The number of sulfonamides is 1. The monoisotopic (exact) mass is 371 g/mol. The zero-order valence-corrected chi connectivity index (χ0v) is 13.6. The number of nitrogens with one attached hydrogen (secondary N) is 1. The lowest BCUT2D eigenvalue weighted by Gasteiger charge is -2.08. The van der Waals surface area contributed by atoms with Gasteiger partial charge in [-0.15, -0.1) is 0 Å². The molecule has 0 unspecified atom stereocenters. The number of hydrogen-bond acceptors (Lipinski definition) is 5. The molecule has 1 aromatic heterocycles. The first-order chi connectivity index (χ1) is 9.92. The number of benzene rings is 1. The number of halogens is 1. The standard InChI is InChI=1S/C13H14BrN3O3S/c1-20-13-6-9(4-5-16-13)8-17-21(18,19)10-2-3-12(15)11(14)7-10/h2-7,17H,8,15H2,1H3. The minimum absolute atomic E-state index is 0.142. The lowest BCUT2D eigenvalue weighted by molar-refractivity contribution is 0.397. The molecule has 112 valence electrons.